The maximum absolute atomic E-state index is 12.0. The standard InChI is InChI=1S/C18H17N3O4S/c22-16(5-6-17-20-18(21-25-17)15-2-1-9-26-15)19-8-7-12-3-4-13-14(10-12)24-11-23-13/h1-4,9-10H,5-8,11H2,(H,19,22). The van der Waals surface area contributed by atoms with Crippen molar-refractivity contribution in [3.8, 4) is 22.2 Å². The number of carbonyl (C=O) groups is 1. The summed E-state index contributed by atoms with van der Waals surface area (Å²) in [6, 6.07) is 9.68. The Balaban J connectivity index is 1.21. The van der Waals surface area contributed by atoms with Gasteiger partial charge in [-0.05, 0) is 35.6 Å². The van der Waals surface area contributed by atoms with Crippen molar-refractivity contribution in [3.63, 3.8) is 0 Å². The molecule has 2 aromatic heterocycles. The fraction of sp³-hybridized carbons (Fsp3) is 0.278. The number of hydrogen-bond donors (Lipinski definition) is 1. The van der Waals surface area contributed by atoms with E-state index in [1.807, 2.05) is 35.7 Å². The Morgan fingerprint density at radius 1 is 1.19 bits per heavy atom. The number of amides is 1. The first-order valence-corrected chi connectivity index (χ1v) is 9.17. The molecule has 4 rings (SSSR count). The molecule has 1 amide bonds. The highest BCUT2D eigenvalue weighted by Gasteiger charge is 2.14. The van der Waals surface area contributed by atoms with Gasteiger partial charge in [-0.2, -0.15) is 4.98 Å². The highest BCUT2D eigenvalue weighted by molar-refractivity contribution is 7.13. The molecule has 8 heteroatoms. The first-order valence-electron chi connectivity index (χ1n) is 8.29. The van der Waals surface area contributed by atoms with Gasteiger partial charge in [0.15, 0.2) is 11.5 Å². The number of carbonyl (C=O) groups excluding carboxylic acids is 1. The van der Waals surface area contributed by atoms with Gasteiger partial charge in [0.25, 0.3) is 0 Å². The molecule has 0 atom stereocenters. The number of rotatable bonds is 7. The number of fused-ring (bicyclic) bond motifs is 1. The molecule has 3 aromatic rings. The Hall–Kier alpha value is -2.87. The lowest BCUT2D eigenvalue weighted by Crippen LogP contribution is -2.25. The van der Waals surface area contributed by atoms with Gasteiger partial charge in [0.1, 0.15) is 0 Å². The molecule has 0 saturated carbocycles. The summed E-state index contributed by atoms with van der Waals surface area (Å²) in [5.74, 6) is 2.52. The van der Waals surface area contributed by atoms with Crippen LogP contribution in [-0.2, 0) is 17.6 Å². The van der Waals surface area contributed by atoms with Crippen molar-refractivity contribution in [2.75, 3.05) is 13.3 Å². The summed E-state index contributed by atoms with van der Waals surface area (Å²) in [7, 11) is 0. The molecule has 7 nitrogen and oxygen atoms in total. The molecular formula is C18H17N3O4S. The summed E-state index contributed by atoms with van der Waals surface area (Å²) in [5, 5.41) is 8.80. The minimum atomic E-state index is -0.0402. The molecule has 1 aliphatic rings. The molecule has 1 aliphatic heterocycles. The number of benzene rings is 1. The number of hydrogen-bond acceptors (Lipinski definition) is 7. The smallest absolute Gasteiger partial charge is 0.231 e. The highest BCUT2D eigenvalue weighted by atomic mass is 32.1. The van der Waals surface area contributed by atoms with E-state index in [4.69, 9.17) is 14.0 Å². The van der Waals surface area contributed by atoms with Crippen molar-refractivity contribution in [2.45, 2.75) is 19.3 Å². The van der Waals surface area contributed by atoms with Crippen LogP contribution in [0.2, 0.25) is 0 Å². The van der Waals surface area contributed by atoms with Crippen molar-refractivity contribution in [3.05, 3.63) is 47.2 Å². The maximum Gasteiger partial charge on any atom is 0.231 e. The van der Waals surface area contributed by atoms with Gasteiger partial charge in [-0.3, -0.25) is 4.79 Å². The van der Waals surface area contributed by atoms with E-state index in [1.54, 1.807) is 11.3 Å². The summed E-state index contributed by atoms with van der Waals surface area (Å²) in [6.07, 6.45) is 1.47. The Morgan fingerprint density at radius 3 is 3.00 bits per heavy atom. The van der Waals surface area contributed by atoms with E-state index < -0.39 is 0 Å². The molecule has 134 valence electrons. The monoisotopic (exact) mass is 371 g/mol. The SMILES string of the molecule is O=C(CCc1nc(-c2cccs2)no1)NCCc1ccc2c(c1)OCO2. The van der Waals surface area contributed by atoms with Crippen LogP contribution in [0.3, 0.4) is 0 Å². The van der Waals surface area contributed by atoms with Crippen LogP contribution in [0.5, 0.6) is 11.5 Å². The fourth-order valence-electron chi connectivity index (χ4n) is 2.61. The average molecular weight is 371 g/mol. The fourth-order valence-corrected chi connectivity index (χ4v) is 3.26. The van der Waals surface area contributed by atoms with E-state index in [0.717, 1.165) is 28.4 Å². The van der Waals surface area contributed by atoms with Crippen molar-refractivity contribution in [2.24, 2.45) is 0 Å². The number of ether oxygens (including phenoxy) is 2. The quantitative estimate of drug-likeness (QED) is 0.687. The highest BCUT2D eigenvalue weighted by Crippen LogP contribution is 2.32. The van der Waals surface area contributed by atoms with Crippen LogP contribution >= 0.6 is 11.3 Å². The summed E-state index contributed by atoms with van der Waals surface area (Å²) in [6.45, 7) is 0.822. The number of nitrogens with zero attached hydrogens (tertiary/aromatic N) is 2. The molecule has 3 heterocycles. The molecule has 1 N–H and O–H groups in total. The molecule has 26 heavy (non-hydrogen) atoms. The van der Waals surface area contributed by atoms with Gasteiger partial charge in [0.2, 0.25) is 24.4 Å². The lowest BCUT2D eigenvalue weighted by atomic mass is 10.1. The second-order valence-corrected chi connectivity index (χ2v) is 6.72. The largest absolute Gasteiger partial charge is 0.454 e. The van der Waals surface area contributed by atoms with Gasteiger partial charge in [-0.1, -0.05) is 17.3 Å². The van der Waals surface area contributed by atoms with Gasteiger partial charge >= 0.3 is 0 Å². The predicted molar refractivity (Wildman–Crippen MR) is 95.2 cm³/mol. The first kappa shape index (κ1) is 16.6. The number of nitrogens with one attached hydrogen (secondary N) is 1. The van der Waals surface area contributed by atoms with Gasteiger partial charge < -0.3 is 19.3 Å². The van der Waals surface area contributed by atoms with Crippen LogP contribution in [0.1, 0.15) is 17.9 Å². The Kier molecular flexibility index (Phi) is 4.83. The van der Waals surface area contributed by atoms with E-state index in [2.05, 4.69) is 15.5 Å². The molecule has 0 radical (unpaired) electrons. The van der Waals surface area contributed by atoms with Crippen LogP contribution in [0.15, 0.2) is 40.2 Å². The molecule has 0 spiro atoms. The van der Waals surface area contributed by atoms with Crippen LogP contribution < -0.4 is 14.8 Å². The zero-order valence-electron chi connectivity index (χ0n) is 13.9. The molecule has 0 bridgehead atoms. The number of aryl methyl sites for hydroxylation is 1. The van der Waals surface area contributed by atoms with E-state index in [-0.39, 0.29) is 12.7 Å². The zero-order chi connectivity index (χ0) is 17.8. The predicted octanol–water partition coefficient (Wildman–Crippen LogP) is 2.82. The molecule has 0 aliphatic carbocycles. The van der Waals surface area contributed by atoms with E-state index in [1.165, 1.54) is 0 Å². The molecule has 1 aromatic carbocycles. The van der Waals surface area contributed by atoms with E-state index >= 15 is 0 Å². The van der Waals surface area contributed by atoms with Gasteiger partial charge in [-0.15, -0.1) is 11.3 Å². The molecule has 0 fully saturated rings. The lowest BCUT2D eigenvalue weighted by molar-refractivity contribution is -0.121. The van der Waals surface area contributed by atoms with Crippen molar-refractivity contribution >= 4 is 17.2 Å². The van der Waals surface area contributed by atoms with Gasteiger partial charge in [0.05, 0.1) is 4.88 Å². The summed E-state index contributed by atoms with van der Waals surface area (Å²) >= 11 is 1.55. The van der Waals surface area contributed by atoms with Gasteiger partial charge in [-0.25, -0.2) is 0 Å². The Bertz CT molecular complexity index is 892. The number of aromatic nitrogens is 2. The molecule has 0 saturated heterocycles. The Labute approximate surface area is 153 Å². The third kappa shape index (κ3) is 3.85. The average Bonchev–Trinajstić information content (AvgIpc) is 3.39. The maximum atomic E-state index is 12.0. The molecular weight excluding hydrogens is 354 g/mol. The lowest BCUT2D eigenvalue weighted by Gasteiger charge is -2.05. The van der Waals surface area contributed by atoms with Crippen LogP contribution in [-0.4, -0.2) is 29.4 Å². The normalized spacial score (nSPS) is 12.3. The summed E-state index contributed by atoms with van der Waals surface area (Å²) in [5.41, 5.74) is 1.09. The minimum absolute atomic E-state index is 0.0402. The molecule has 0 unspecified atom stereocenters. The van der Waals surface area contributed by atoms with Crippen LogP contribution in [0.25, 0.3) is 10.7 Å². The third-order valence-electron chi connectivity index (χ3n) is 3.95. The first-order chi connectivity index (χ1) is 12.8. The van der Waals surface area contributed by atoms with Crippen molar-refractivity contribution < 1.29 is 18.8 Å². The topological polar surface area (TPSA) is 86.5 Å². The Morgan fingerprint density at radius 2 is 2.12 bits per heavy atom. The number of thiophene rings is 1. The summed E-state index contributed by atoms with van der Waals surface area (Å²) < 4.78 is 15.8. The van der Waals surface area contributed by atoms with Crippen LogP contribution in [0, 0.1) is 0 Å². The minimum Gasteiger partial charge on any atom is -0.454 e. The second kappa shape index (κ2) is 7.57. The van der Waals surface area contributed by atoms with E-state index in [0.29, 0.717) is 31.1 Å². The van der Waals surface area contributed by atoms with E-state index in [9.17, 15) is 4.79 Å². The third-order valence-corrected chi connectivity index (χ3v) is 4.81. The van der Waals surface area contributed by atoms with Gasteiger partial charge in [0, 0.05) is 19.4 Å². The van der Waals surface area contributed by atoms with Crippen molar-refractivity contribution in [1.29, 1.82) is 0 Å². The zero-order valence-corrected chi connectivity index (χ0v) is 14.8. The van der Waals surface area contributed by atoms with Crippen molar-refractivity contribution in [1.82, 2.24) is 15.5 Å². The summed E-state index contributed by atoms with van der Waals surface area (Å²) in [4.78, 5) is 17.3. The van der Waals surface area contributed by atoms with Crippen LogP contribution in [0.4, 0.5) is 0 Å². The second-order valence-electron chi connectivity index (χ2n) is 5.78.